The van der Waals surface area contributed by atoms with E-state index in [1.165, 1.54) is 12.6 Å². The molecule has 0 aliphatic carbocycles. The van der Waals surface area contributed by atoms with E-state index in [0.717, 1.165) is 5.56 Å². The second-order valence-electron chi connectivity index (χ2n) is 4.36. The van der Waals surface area contributed by atoms with Crippen LogP contribution in [-0.2, 0) is 6.54 Å². The average Bonchev–Trinajstić information content (AvgIpc) is 3.10. The predicted molar refractivity (Wildman–Crippen MR) is 79.9 cm³/mol. The normalized spacial score (nSPS) is 10.5. The molecule has 2 heterocycles. The number of amides is 1. The summed E-state index contributed by atoms with van der Waals surface area (Å²) in [5, 5.41) is 6.88. The maximum absolute atomic E-state index is 12.1. The van der Waals surface area contributed by atoms with Crippen LogP contribution in [0.25, 0.3) is 0 Å². The van der Waals surface area contributed by atoms with Gasteiger partial charge in [-0.15, -0.1) is 0 Å². The third kappa shape index (κ3) is 3.19. The molecule has 2 aromatic heterocycles. The highest BCUT2D eigenvalue weighted by Gasteiger charge is 2.12. The Bertz CT molecular complexity index is 752. The molecule has 1 amide bonds. The summed E-state index contributed by atoms with van der Waals surface area (Å²) >= 11 is 3.19. The lowest BCUT2D eigenvalue weighted by atomic mass is 10.2. The lowest BCUT2D eigenvalue weighted by molar-refractivity contribution is 0.102. The van der Waals surface area contributed by atoms with Gasteiger partial charge in [0.15, 0.2) is 4.67 Å². The Kier molecular flexibility index (Phi) is 3.83. The van der Waals surface area contributed by atoms with Gasteiger partial charge in [0.05, 0.1) is 18.4 Å². The summed E-state index contributed by atoms with van der Waals surface area (Å²) in [6.07, 6.45) is 4.59. The van der Waals surface area contributed by atoms with Crippen LogP contribution in [0, 0.1) is 0 Å². The topological polar surface area (TPSA) is 73.0 Å². The highest BCUT2D eigenvalue weighted by molar-refractivity contribution is 9.10. The summed E-state index contributed by atoms with van der Waals surface area (Å²) in [5.41, 5.74) is 2.19. The van der Waals surface area contributed by atoms with Gasteiger partial charge in [-0.3, -0.25) is 4.79 Å². The summed E-state index contributed by atoms with van der Waals surface area (Å²) in [6.45, 7) is 0.596. The molecule has 0 aliphatic heterocycles. The number of rotatable bonds is 4. The molecule has 0 unspecified atom stereocenters. The predicted octanol–water partition coefficient (Wildman–Crippen LogP) is 2.93. The Morgan fingerprint density at radius 3 is 3.00 bits per heavy atom. The fraction of sp³-hybridized carbons (Fsp3) is 0.0714. The molecule has 3 aromatic rings. The number of furan rings is 1. The van der Waals surface area contributed by atoms with Gasteiger partial charge in [-0.05, 0) is 39.7 Å². The van der Waals surface area contributed by atoms with Crippen LogP contribution in [0.5, 0.6) is 0 Å². The highest BCUT2D eigenvalue weighted by atomic mass is 79.9. The van der Waals surface area contributed by atoms with Crippen molar-refractivity contribution in [3.05, 3.63) is 65.0 Å². The summed E-state index contributed by atoms with van der Waals surface area (Å²) in [7, 11) is 0. The van der Waals surface area contributed by atoms with Crippen molar-refractivity contribution < 1.29 is 9.21 Å². The SMILES string of the molecule is O=C(Nc1cccc(Cn2cncn2)c1)c1ccoc1Br. The molecule has 106 valence electrons. The molecule has 0 atom stereocenters. The minimum atomic E-state index is -0.228. The van der Waals surface area contributed by atoms with Crippen LogP contribution >= 0.6 is 15.9 Å². The quantitative estimate of drug-likeness (QED) is 0.788. The van der Waals surface area contributed by atoms with E-state index in [1.54, 1.807) is 17.1 Å². The number of halogens is 1. The van der Waals surface area contributed by atoms with Gasteiger partial charge in [-0.2, -0.15) is 5.10 Å². The number of nitrogens with zero attached hydrogens (tertiary/aromatic N) is 3. The molecule has 0 fully saturated rings. The monoisotopic (exact) mass is 346 g/mol. The molecule has 0 bridgehead atoms. The van der Waals surface area contributed by atoms with E-state index in [9.17, 15) is 4.79 Å². The van der Waals surface area contributed by atoms with Crippen molar-refractivity contribution in [3.8, 4) is 0 Å². The van der Waals surface area contributed by atoms with Crippen LogP contribution in [0.4, 0.5) is 5.69 Å². The Labute approximate surface area is 128 Å². The van der Waals surface area contributed by atoms with Crippen LogP contribution < -0.4 is 5.32 Å². The number of nitrogens with one attached hydrogen (secondary N) is 1. The van der Waals surface area contributed by atoms with E-state index in [0.29, 0.717) is 22.5 Å². The third-order valence-corrected chi connectivity index (χ3v) is 3.47. The lowest BCUT2D eigenvalue weighted by Gasteiger charge is -2.07. The first-order valence-electron chi connectivity index (χ1n) is 6.18. The second-order valence-corrected chi connectivity index (χ2v) is 5.08. The zero-order chi connectivity index (χ0) is 14.7. The van der Waals surface area contributed by atoms with E-state index in [1.807, 2.05) is 24.3 Å². The molecule has 1 aromatic carbocycles. The first-order chi connectivity index (χ1) is 10.2. The smallest absolute Gasteiger partial charge is 0.260 e. The van der Waals surface area contributed by atoms with Crippen LogP contribution in [-0.4, -0.2) is 20.7 Å². The zero-order valence-corrected chi connectivity index (χ0v) is 12.4. The molecule has 0 saturated heterocycles. The van der Waals surface area contributed by atoms with Crippen molar-refractivity contribution in [2.24, 2.45) is 0 Å². The first kappa shape index (κ1) is 13.6. The number of aromatic nitrogens is 3. The Hall–Kier alpha value is -2.41. The number of carbonyl (C=O) groups is 1. The zero-order valence-electron chi connectivity index (χ0n) is 10.9. The first-order valence-corrected chi connectivity index (χ1v) is 6.97. The van der Waals surface area contributed by atoms with Crippen molar-refractivity contribution in [2.45, 2.75) is 6.54 Å². The summed E-state index contributed by atoms with van der Waals surface area (Å²) in [5.74, 6) is -0.228. The van der Waals surface area contributed by atoms with E-state index < -0.39 is 0 Å². The summed E-state index contributed by atoms with van der Waals surface area (Å²) in [6, 6.07) is 9.18. The third-order valence-electron chi connectivity index (χ3n) is 2.86. The fourth-order valence-corrected chi connectivity index (χ4v) is 2.32. The number of hydrogen-bond acceptors (Lipinski definition) is 4. The minimum absolute atomic E-state index is 0.228. The van der Waals surface area contributed by atoms with Crippen LogP contribution in [0.3, 0.4) is 0 Å². The van der Waals surface area contributed by atoms with Crippen molar-refractivity contribution in [3.63, 3.8) is 0 Å². The molecule has 0 spiro atoms. The molecule has 3 rings (SSSR count). The van der Waals surface area contributed by atoms with Crippen molar-refractivity contribution >= 4 is 27.5 Å². The van der Waals surface area contributed by atoms with E-state index in [2.05, 4.69) is 31.3 Å². The van der Waals surface area contributed by atoms with Crippen molar-refractivity contribution in [1.82, 2.24) is 14.8 Å². The molecule has 1 N–H and O–H groups in total. The van der Waals surface area contributed by atoms with Crippen molar-refractivity contribution in [1.29, 1.82) is 0 Å². The Morgan fingerprint density at radius 1 is 1.38 bits per heavy atom. The molecule has 21 heavy (non-hydrogen) atoms. The number of carbonyl (C=O) groups excluding carboxylic acids is 1. The number of benzene rings is 1. The van der Waals surface area contributed by atoms with E-state index >= 15 is 0 Å². The Balaban J connectivity index is 1.74. The van der Waals surface area contributed by atoms with Crippen LogP contribution in [0.2, 0.25) is 0 Å². The molecule has 7 heteroatoms. The van der Waals surface area contributed by atoms with E-state index in [-0.39, 0.29) is 5.91 Å². The van der Waals surface area contributed by atoms with Gasteiger partial charge in [-0.1, -0.05) is 12.1 Å². The van der Waals surface area contributed by atoms with Gasteiger partial charge in [0.25, 0.3) is 5.91 Å². The Morgan fingerprint density at radius 2 is 2.29 bits per heavy atom. The summed E-state index contributed by atoms with van der Waals surface area (Å²) < 4.78 is 7.19. The van der Waals surface area contributed by atoms with Gasteiger partial charge in [0.1, 0.15) is 12.7 Å². The molecule has 0 aliphatic rings. The minimum Gasteiger partial charge on any atom is -0.457 e. The lowest BCUT2D eigenvalue weighted by Crippen LogP contribution is -2.11. The van der Waals surface area contributed by atoms with Gasteiger partial charge in [-0.25, -0.2) is 9.67 Å². The van der Waals surface area contributed by atoms with Gasteiger partial charge in [0, 0.05) is 5.69 Å². The van der Waals surface area contributed by atoms with Gasteiger partial charge in [0.2, 0.25) is 0 Å². The second kappa shape index (κ2) is 5.92. The van der Waals surface area contributed by atoms with Gasteiger partial charge < -0.3 is 9.73 Å². The molecule has 0 radical (unpaired) electrons. The number of anilines is 1. The van der Waals surface area contributed by atoms with Crippen LogP contribution in [0.1, 0.15) is 15.9 Å². The average molecular weight is 347 g/mol. The summed E-state index contributed by atoms with van der Waals surface area (Å²) in [4.78, 5) is 16.0. The molecular weight excluding hydrogens is 336 g/mol. The standard InChI is InChI=1S/C14H11BrN4O2/c15-13-12(4-5-21-13)14(20)18-11-3-1-2-10(6-11)7-19-9-16-8-17-19/h1-6,8-9H,7H2,(H,18,20). The maximum atomic E-state index is 12.1. The van der Waals surface area contributed by atoms with E-state index in [4.69, 9.17) is 4.42 Å². The molecule has 0 saturated carbocycles. The van der Waals surface area contributed by atoms with Crippen molar-refractivity contribution in [2.75, 3.05) is 5.32 Å². The number of hydrogen-bond donors (Lipinski definition) is 1. The molecule has 6 nitrogen and oxygen atoms in total. The fourth-order valence-electron chi connectivity index (χ4n) is 1.90. The molecular formula is C14H11BrN4O2. The maximum Gasteiger partial charge on any atom is 0.260 e. The largest absolute Gasteiger partial charge is 0.457 e. The van der Waals surface area contributed by atoms with Crippen LogP contribution in [0.15, 0.2) is 58.3 Å². The van der Waals surface area contributed by atoms with Gasteiger partial charge >= 0.3 is 0 Å². The highest BCUT2D eigenvalue weighted by Crippen LogP contribution is 2.19.